The summed E-state index contributed by atoms with van der Waals surface area (Å²) in [6.45, 7) is 9.25. The first-order chi connectivity index (χ1) is 26.3. The summed E-state index contributed by atoms with van der Waals surface area (Å²) in [6.07, 6.45) is 1.32. The summed E-state index contributed by atoms with van der Waals surface area (Å²) >= 11 is 0. The Kier molecular flexibility index (Phi) is 14.0. The lowest BCUT2D eigenvalue weighted by Crippen LogP contribution is -2.49. The summed E-state index contributed by atoms with van der Waals surface area (Å²) in [4.78, 5) is 16.9. The minimum atomic E-state index is -4.19. The number of fused-ring (bicyclic) bond motifs is 1. The number of piperidine rings is 1. The van der Waals surface area contributed by atoms with E-state index in [1.54, 1.807) is 27.2 Å². The Bertz CT molecular complexity index is 1910. The normalized spacial score (nSPS) is 15.4. The zero-order valence-electron chi connectivity index (χ0n) is 32.0. The number of carboxylic acids is 1. The van der Waals surface area contributed by atoms with Gasteiger partial charge in [-0.15, -0.1) is 0 Å². The summed E-state index contributed by atoms with van der Waals surface area (Å²) in [5, 5.41) is 11.3. The van der Waals surface area contributed by atoms with Gasteiger partial charge in [-0.25, -0.2) is 4.39 Å². The van der Waals surface area contributed by atoms with E-state index in [4.69, 9.17) is 20.3 Å². The Morgan fingerprint density at radius 2 is 1.49 bits per heavy atom. The average molecular weight is 765 g/mol. The van der Waals surface area contributed by atoms with Crippen molar-refractivity contribution in [1.29, 1.82) is 0 Å². The summed E-state index contributed by atoms with van der Waals surface area (Å²) in [5.74, 6) is 0.352. The molecule has 6 rings (SSSR count). The van der Waals surface area contributed by atoms with Crippen molar-refractivity contribution in [1.82, 2.24) is 9.80 Å². The van der Waals surface area contributed by atoms with E-state index in [1.807, 2.05) is 23.1 Å². The largest absolute Gasteiger partial charge is 0.496 e. The quantitative estimate of drug-likeness (QED) is 0.139. The maximum atomic E-state index is 14.1. The Morgan fingerprint density at radius 3 is 2.07 bits per heavy atom. The van der Waals surface area contributed by atoms with Crippen LogP contribution in [0.3, 0.4) is 0 Å². The number of likely N-dealkylation sites (tertiary alicyclic amines) is 1. The van der Waals surface area contributed by atoms with Crippen molar-refractivity contribution in [3.63, 3.8) is 0 Å². The molecule has 0 atom stereocenters. The van der Waals surface area contributed by atoms with Crippen LogP contribution in [0.5, 0.6) is 11.5 Å². The second-order valence-electron chi connectivity index (χ2n) is 14.3. The predicted molar refractivity (Wildman–Crippen MR) is 212 cm³/mol. The van der Waals surface area contributed by atoms with Crippen LogP contribution in [0, 0.1) is 12.7 Å². The van der Waals surface area contributed by atoms with Gasteiger partial charge in [0.2, 0.25) is 0 Å². The van der Waals surface area contributed by atoms with Gasteiger partial charge >= 0.3 is 12.1 Å². The smallest absolute Gasteiger partial charge is 0.401 e. The number of aryl methyl sites for hydroxylation is 2. The van der Waals surface area contributed by atoms with Crippen molar-refractivity contribution in [2.75, 3.05) is 71.5 Å². The Hall–Kier alpha value is -4.81. The molecule has 296 valence electrons. The van der Waals surface area contributed by atoms with Gasteiger partial charge in [0.25, 0.3) is 0 Å². The maximum Gasteiger partial charge on any atom is 0.401 e. The van der Waals surface area contributed by atoms with Crippen LogP contribution in [-0.4, -0.2) is 93.6 Å². The van der Waals surface area contributed by atoms with Crippen LogP contribution in [0.1, 0.15) is 47.9 Å². The monoisotopic (exact) mass is 764 g/mol. The van der Waals surface area contributed by atoms with Gasteiger partial charge in [-0.3, -0.25) is 9.69 Å². The number of hydrogen-bond donors (Lipinski definition) is 2. The number of carboxylic acid groups (broad SMARTS) is 1. The van der Waals surface area contributed by atoms with Crippen molar-refractivity contribution in [2.24, 2.45) is 5.73 Å². The van der Waals surface area contributed by atoms with E-state index in [9.17, 15) is 22.4 Å². The number of halogens is 4. The van der Waals surface area contributed by atoms with Crippen LogP contribution < -0.4 is 20.1 Å². The first-order valence-corrected chi connectivity index (χ1v) is 18.8. The number of benzene rings is 4. The van der Waals surface area contributed by atoms with Crippen LogP contribution in [0.25, 0.3) is 27.6 Å². The van der Waals surface area contributed by atoms with Crippen LogP contribution in [0.4, 0.5) is 23.2 Å². The molecule has 0 amide bonds. The third kappa shape index (κ3) is 10.9. The number of anilines is 1. The minimum absolute atomic E-state index is 0.113. The summed E-state index contributed by atoms with van der Waals surface area (Å²) in [6, 6.07) is 19.7. The molecular weight excluding hydrogens is 712 g/mol. The molecule has 2 fully saturated rings. The number of ether oxygens (including phenoxy) is 2. The molecule has 2 aliphatic rings. The molecule has 4 aromatic rings. The lowest BCUT2D eigenvalue weighted by atomic mass is 9.92. The Morgan fingerprint density at radius 1 is 0.855 bits per heavy atom. The fourth-order valence-corrected chi connectivity index (χ4v) is 7.63. The molecule has 0 aliphatic carbocycles. The van der Waals surface area contributed by atoms with Gasteiger partial charge in [0.15, 0.2) is 0 Å². The highest BCUT2D eigenvalue weighted by molar-refractivity contribution is 6.01. The third-order valence-corrected chi connectivity index (χ3v) is 10.4. The number of piperazine rings is 1. The van der Waals surface area contributed by atoms with Crippen LogP contribution in [0.15, 0.2) is 67.2 Å². The van der Waals surface area contributed by atoms with E-state index >= 15 is 0 Å². The van der Waals surface area contributed by atoms with Crippen LogP contribution >= 0.6 is 0 Å². The van der Waals surface area contributed by atoms with Crippen molar-refractivity contribution in [3.8, 4) is 22.6 Å². The topological polar surface area (TPSA) is 91.5 Å². The molecule has 3 N–H and O–H groups in total. The zero-order valence-corrected chi connectivity index (χ0v) is 32.0. The molecule has 0 unspecified atom stereocenters. The van der Waals surface area contributed by atoms with Gasteiger partial charge in [-0.2, -0.15) is 13.2 Å². The SMILES string of the molecule is C=C(N)c1c(C)cc(N2CCN(CC(F)(F)F)CC2)cc1F.COc1cc(CCN2CCCCC2)cc(OC)c1-c1cccc2c(CCC(=O)O)cccc12. The van der Waals surface area contributed by atoms with Gasteiger partial charge in [0.05, 0.1) is 26.3 Å². The molecule has 0 radical (unpaired) electrons. The first-order valence-electron chi connectivity index (χ1n) is 18.8. The molecule has 0 saturated carbocycles. The van der Waals surface area contributed by atoms with Crippen molar-refractivity contribution in [3.05, 3.63) is 95.3 Å². The number of nitrogens with zero attached hydrogens (tertiary/aromatic N) is 3. The molecule has 2 saturated heterocycles. The third-order valence-electron chi connectivity index (χ3n) is 10.4. The second kappa shape index (κ2) is 18.7. The van der Waals surface area contributed by atoms with E-state index in [0.29, 0.717) is 49.4 Å². The van der Waals surface area contributed by atoms with Gasteiger partial charge in [-0.1, -0.05) is 49.4 Å². The van der Waals surface area contributed by atoms with Crippen LogP contribution in [-0.2, 0) is 17.6 Å². The summed E-state index contributed by atoms with van der Waals surface area (Å²) in [5.41, 5.74) is 11.5. The fourth-order valence-electron chi connectivity index (χ4n) is 7.63. The van der Waals surface area contributed by atoms with Gasteiger partial charge in [-0.05, 0) is 103 Å². The molecule has 0 bridgehead atoms. The van der Waals surface area contributed by atoms with Crippen molar-refractivity contribution >= 4 is 28.1 Å². The zero-order chi connectivity index (χ0) is 39.7. The van der Waals surface area contributed by atoms with Crippen molar-refractivity contribution < 1.29 is 36.9 Å². The fraction of sp³-hybridized carbons (Fsp3) is 0.419. The number of nitrogens with two attached hydrogens (primary N) is 1. The molecule has 12 heteroatoms. The number of hydrogen-bond acceptors (Lipinski definition) is 7. The average Bonchev–Trinajstić information content (AvgIpc) is 3.15. The predicted octanol–water partition coefficient (Wildman–Crippen LogP) is 8.32. The molecule has 8 nitrogen and oxygen atoms in total. The number of carbonyl (C=O) groups is 1. The number of aliphatic carboxylic acids is 1. The van der Waals surface area contributed by atoms with E-state index in [-0.39, 0.29) is 12.1 Å². The maximum absolute atomic E-state index is 14.1. The standard InChI is InChI=1S/C28H33NO4.C15H19F4N3/c1-32-25-18-20(14-17-29-15-4-3-5-16-29)19-26(33-2)28(25)24-11-7-9-22-21(12-13-27(30)31)8-6-10-23(22)24;1-10-7-12(8-13(16)14(10)11(2)20)22-5-3-21(4-6-22)9-15(17,18)19/h6-11,18-19H,3-5,12-17H2,1-2H3,(H,30,31);7-8H,2-6,9,20H2,1H3. The number of rotatable bonds is 12. The van der Waals surface area contributed by atoms with E-state index < -0.39 is 24.5 Å². The Labute approximate surface area is 321 Å². The van der Waals surface area contributed by atoms with Gasteiger partial charge in [0.1, 0.15) is 17.3 Å². The molecular formula is C43H52F4N4O4. The van der Waals surface area contributed by atoms with Gasteiger partial charge < -0.3 is 30.1 Å². The lowest BCUT2D eigenvalue weighted by molar-refractivity contribution is -0.146. The highest BCUT2D eigenvalue weighted by atomic mass is 19.4. The Balaban J connectivity index is 0.000000229. The molecule has 2 aliphatic heterocycles. The number of alkyl halides is 3. The lowest BCUT2D eigenvalue weighted by Gasteiger charge is -2.36. The van der Waals surface area contributed by atoms with E-state index in [2.05, 4.69) is 41.8 Å². The second-order valence-corrected chi connectivity index (χ2v) is 14.3. The highest BCUT2D eigenvalue weighted by Crippen LogP contribution is 2.43. The molecule has 55 heavy (non-hydrogen) atoms. The summed E-state index contributed by atoms with van der Waals surface area (Å²) < 4.78 is 62.9. The van der Waals surface area contributed by atoms with Gasteiger partial charge in [0, 0.05) is 56.1 Å². The number of methoxy groups -OCH3 is 2. The molecule has 4 aromatic carbocycles. The van der Waals surface area contributed by atoms with E-state index in [1.165, 1.54) is 48.9 Å². The van der Waals surface area contributed by atoms with Crippen LogP contribution in [0.2, 0.25) is 0 Å². The summed E-state index contributed by atoms with van der Waals surface area (Å²) in [7, 11) is 3.41. The molecule has 0 aromatic heterocycles. The first kappa shape index (κ1) is 41.4. The molecule has 2 heterocycles. The molecule has 0 spiro atoms. The highest BCUT2D eigenvalue weighted by Gasteiger charge is 2.32. The van der Waals surface area contributed by atoms with E-state index in [0.717, 1.165) is 51.9 Å². The van der Waals surface area contributed by atoms with Crippen molar-refractivity contribution in [2.45, 2.75) is 51.6 Å². The minimum Gasteiger partial charge on any atom is -0.496 e.